The Bertz CT molecular complexity index is 552. The van der Waals surface area contributed by atoms with Gasteiger partial charge < -0.3 is 25.2 Å². The standard InChI is InChI=1S/C17H24N2O5.ClH/c1-2-23-16(21)11-24-14-5-3-12(4-6-14)7-8-18-17(22)15-9-13(20)10-19-15;/h3-6,13,15,19-20H,2,7-11H2,1H3,(H,18,22);1H. The minimum absolute atomic E-state index is 0. The number of rotatable bonds is 8. The van der Waals surface area contributed by atoms with Crippen molar-refractivity contribution in [3.8, 4) is 5.75 Å². The van der Waals surface area contributed by atoms with Crippen molar-refractivity contribution in [3.05, 3.63) is 29.8 Å². The molecule has 8 heteroatoms. The first kappa shape index (κ1) is 21.2. The summed E-state index contributed by atoms with van der Waals surface area (Å²) in [5.74, 6) is 0.121. The Morgan fingerprint density at radius 3 is 2.64 bits per heavy atom. The number of amides is 1. The Kier molecular flexibility index (Phi) is 9.26. The molecule has 1 amide bonds. The molecule has 2 unspecified atom stereocenters. The highest BCUT2D eigenvalue weighted by molar-refractivity contribution is 5.85. The van der Waals surface area contributed by atoms with Crippen molar-refractivity contribution in [2.75, 3.05) is 26.3 Å². The number of carbonyl (C=O) groups is 2. The summed E-state index contributed by atoms with van der Waals surface area (Å²) in [7, 11) is 0. The number of hydrogen-bond donors (Lipinski definition) is 3. The second-order valence-electron chi connectivity index (χ2n) is 5.63. The molecule has 1 heterocycles. The minimum atomic E-state index is -0.442. The largest absolute Gasteiger partial charge is 0.482 e. The van der Waals surface area contributed by atoms with Crippen molar-refractivity contribution in [3.63, 3.8) is 0 Å². The first-order chi connectivity index (χ1) is 11.6. The van der Waals surface area contributed by atoms with Crippen molar-refractivity contribution < 1.29 is 24.2 Å². The number of halogens is 1. The van der Waals surface area contributed by atoms with Gasteiger partial charge in [0.1, 0.15) is 5.75 Å². The molecule has 140 valence electrons. The Balaban J connectivity index is 0.00000312. The van der Waals surface area contributed by atoms with Crippen LogP contribution in [-0.2, 0) is 20.7 Å². The highest BCUT2D eigenvalue weighted by Gasteiger charge is 2.27. The summed E-state index contributed by atoms with van der Waals surface area (Å²) in [6, 6.07) is 7.05. The van der Waals surface area contributed by atoms with Gasteiger partial charge in [-0.25, -0.2) is 4.79 Å². The van der Waals surface area contributed by atoms with Crippen molar-refractivity contribution in [2.45, 2.75) is 31.9 Å². The smallest absolute Gasteiger partial charge is 0.344 e. The van der Waals surface area contributed by atoms with E-state index in [1.54, 1.807) is 19.1 Å². The summed E-state index contributed by atoms with van der Waals surface area (Å²) in [6.45, 7) is 2.96. The summed E-state index contributed by atoms with van der Waals surface area (Å²) >= 11 is 0. The number of nitrogens with one attached hydrogen (secondary N) is 2. The second kappa shape index (κ2) is 10.9. The van der Waals surface area contributed by atoms with Crippen LogP contribution in [0.3, 0.4) is 0 Å². The van der Waals surface area contributed by atoms with Gasteiger partial charge >= 0.3 is 5.97 Å². The zero-order valence-electron chi connectivity index (χ0n) is 14.2. The van der Waals surface area contributed by atoms with Gasteiger partial charge in [0.25, 0.3) is 0 Å². The summed E-state index contributed by atoms with van der Waals surface area (Å²) in [5, 5.41) is 15.2. The zero-order chi connectivity index (χ0) is 17.4. The number of hydrogen-bond acceptors (Lipinski definition) is 6. The Hall–Kier alpha value is -1.83. The van der Waals surface area contributed by atoms with E-state index in [2.05, 4.69) is 10.6 Å². The van der Waals surface area contributed by atoms with Gasteiger partial charge in [0.15, 0.2) is 6.61 Å². The van der Waals surface area contributed by atoms with Crippen LogP contribution in [0, 0.1) is 0 Å². The van der Waals surface area contributed by atoms with Gasteiger partial charge in [0, 0.05) is 13.1 Å². The van der Waals surface area contributed by atoms with Crippen LogP contribution in [-0.4, -0.2) is 55.4 Å². The van der Waals surface area contributed by atoms with Crippen molar-refractivity contribution >= 4 is 24.3 Å². The topological polar surface area (TPSA) is 96.9 Å². The molecule has 2 rings (SSSR count). The molecule has 0 aliphatic carbocycles. The first-order valence-corrected chi connectivity index (χ1v) is 8.15. The van der Waals surface area contributed by atoms with Gasteiger partial charge in [0.05, 0.1) is 18.8 Å². The molecule has 1 aliphatic rings. The molecule has 1 fully saturated rings. The van der Waals surface area contributed by atoms with Gasteiger partial charge in [-0.15, -0.1) is 12.4 Å². The fraction of sp³-hybridized carbons (Fsp3) is 0.529. The van der Waals surface area contributed by atoms with Gasteiger partial charge in [-0.2, -0.15) is 0 Å². The van der Waals surface area contributed by atoms with E-state index >= 15 is 0 Å². The molecule has 0 saturated carbocycles. The van der Waals surface area contributed by atoms with Gasteiger partial charge in [0.2, 0.25) is 5.91 Å². The van der Waals surface area contributed by atoms with E-state index in [4.69, 9.17) is 9.47 Å². The third-order valence-electron chi connectivity index (χ3n) is 3.72. The van der Waals surface area contributed by atoms with Crippen molar-refractivity contribution in [1.29, 1.82) is 0 Å². The molecule has 7 nitrogen and oxygen atoms in total. The van der Waals surface area contributed by atoms with Crippen LogP contribution in [0.4, 0.5) is 0 Å². The zero-order valence-corrected chi connectivity index (χ0v) is 15.0. The van der Waals surface area contributed by atoms with E-state index in [0.29, 0.717) is 38.3 Å². The Morgan fingerprint density at radius 2 is 2.04 bits per heavy atom. The van der Waals surface area contributed by atoms with Crippen molar-refractivity contribution in [2.24, 2.45) is 0 Å². The highest BCUT2D eigenvalue weighted by atomic mass is 35.5. The molecule has 2 atom stereocenters. The number of aliphatic hydroxyl groups is 1. The molecule has 1 saturated heterocycles. The van der Waals surface area contributed by atoms with E-state index in [0.717, 1.165) is 5.56 Å². The van der Waals surface area contributed by atoms with Crippen LogP contribution in [0.25, 0.3) is 0 Å². The number of esters is 1. The number of benzene rings is 1. The van der Waals surface area contributed by atoms with Gasteiger partial charge in [-0.05, 0) is 37.5 Å². The summed E-state index contributed by atoms with van der Waals surface area (Å²) in [4.78, 5) is 23.1. The van der Waals surface area contributed by atoms with E-state index in [1.165, 1.54) is 0 Å². The van der Waals surface area contributed by atoms with E-state index in [9.17, 15) is 14.7 Å². The van der Waals surface area contributed by atoms with Crippen LogP contribution >= 0.6 is 12.4 Å². The quantitative estimate of drug-likeness (QED) is 0.573. The molecule has 0 bridgehead atoms. The molecule has 1 aliphatic heterocycles. The van der Waals surface area contributed by atoms with E-state index < -0.39 is 12.1 Å². The van der Waals surface area contributed by atoms with Gasteiger partial charge in [-0.1, -0.05) is 12.1 Å². The Morgan fingerprint density at radius 1 is 1.32 bits per heavy atom. The molecule has 25 heavy (non-hydrogen) atoms. The molecule has 1 aromatic carbocycles. The van der Waals surface area contributed by atoms with E-state index in [1.807, 2.05) is 12.1 Å². The number of carbonyl (C=O) groups excluding carboxylic acids is 2. The lowest BCUT2D eigenvalue weighted by Gasteiger charge is -2.11. The number of aliphatic hydroxyl groups excluding tert-OH is 1. The van der Waals surface area contributed by atoms with Crippen LogP contribution in [0.1, 0.15) is 18.9 Å². The van der Waals surface area contributed by atoms with Gasteiger partial charge in [-0.3, -0.25) is 4.79 Å². The maximum Gasteiger partial charge on any atom is 0.344 e. The molecule has 0 spiro atoms. The van der Waals surface area contributed by atoms with Crippen LogP contribution in [0.5, 0.6) is 5.75 Å². The summed E-state index contributed by atoms with van der Waals surface area (Å²) in [5.41, 5.74) is 1.05. The monoisotopic (exact) mass is 372 g/mol. The van der Waals surface area contributed by atoms with Crippen LogP contribution < -0.4 is 15.4 Å². The fourth-order valence-corrected chi connectivity index (χ4v) is 2.47. The minimum Gasteiger partial charge on any atom is -0.482 e. The SMILES string of the molecule is CCOC(=O)COc1ccc(CCNC(=O)C2CC(O)CN2)cc1.Cl. The molecule has 0 aromatic heterocycles. The second-order valence-corrected chi connectivity index (χ2v) is 5.63. The molecule has 0 radical (unpaired) electrons. The predicted molar refractivity (Wildman–Crippen MR) is 94.9 cm³/mol. The third kappa shape index (κ3) is 7.29. The van der Waals surface area contributed by atoms with Crippen LogP contribution in [0.2, 0.25) is 0 Å². The lowest BCUT2D eigenvalue weighted by molar-refractivity contribution is -0.145. The first-order valence-electron chi connectivity index (χ1n) is 8.15. The lowest BCUT2D eigenvalue weighted by Crippen LogP contribution is -2.41. The molecule has 1 aromatic rings. The number of β-amino-alcohol motifs (C(OH)–C–C–N with tert-alkyl or cyclic N) is 1. The van der Waals surface area contributed by atoms with Crippen LogP contribution in [0.15, 0.2) is 24.3 Å². The van der Waals surface area contributed by atoms with E-state index in [-0.39, 0.29) is 31.0 Å². The fourth-order valence-electron chi connectivity index (χ4n) is 2.47. The average Bonchev–Trinajstić information content (AvgIpc) is 3.01. The molecule has 3 N–H and O–H groups in total. The highest BCUT2D eigenvalue weighted by Crippen LogP contribution is 2.12. The van der Waals surface area contributed by atoms with Crippen molar-refractivity contribution in [1.82, 2.24) is 10.6 Å². The Labute approximate surface area is 153 Å². The third-order valence-corrected chi connectivity index (χ3v) is 3.72. The normalized spacial score (nSPS) is 19.0. The lowest BCUT2D eigenvalue weighted by atomic mass is 10.1. The summed E-state index contributed by atoms with van der Waals surface area (Å²) < 4.78 is 10.1. The number of ether oxygens (including phenoxy) is 2. The molecular weight excluding hydrogens is 348 g/mol. The predicted octanol–water partition coefficient (Wildman–Crippen LogP) is 0.432. The average molecular weight is 373 g/mol. The molecular formula is C17H25ClN2O5. The maximum atomic E-state index is 11.9. The summed E-state index contributed by atoms with van der Waals surface area (Å²) in [6.07, 6.45) is 0.709. The maximum absolute atomic E-state index is 11.9.